The molecule has 0 atom stereocenters. The zero-order valence-corrected chi connectivity index (χ0v) is 9.95. The van der Waals surface area contributed by atoms with E-state index in [1.54, 1.807) is 12.1 Å². The van der Waals surface area contributed by atoms with Crippen molar-refractivity contribution in [3.8, 4) is 0 Å². The summed E-state index contributed by atoms with van der Waals surface area (Å²) in [7, 11) is 0. The fourth-order valence-corrected chi connectivity index (χ4v) is 1.56. The third kappa shape index (κ3) is 3.40. The number of hydrogen-bond donors (Lipinski definition) is 2. The van der Waals surface area contributed by atoms with Crippen molar-refractivity contribution < 1.29 is 5.11 Å². The summed E-state index contributed by atoms with van der Waals surface area (Å²) in [6, 6.07) is 14.9. The molecule has 92 valence electrons. The van der Waals surface area contributed by atoms with Gasteiger partial charge in [0.15, 0.2) is 0 Å². The number of aliphatic hydroxyl groups is 1. The number of nitrogens with zero attached hydrogens (tertiary/aromatic N) is 2. The lowest BCUT2D eigenvalue weighted by molar-refractivity contribution is 0.299. The van der Waals surface area contributed by atoms with Crippen molar-refractivity contribution in [2.75, 3.05) is 12.3 Å². The van der Waals surface area contributed by atoms with E-state index >= 15 is 0 Å². The molecule has 4 nitrogen and oxygen atoms in total. The van der Waals surface area contributed by atoms with E-state index in [4.69, 9.17) is 10.8 Å². The highest BCUT2D eigenvalue weighted by Crippen LogP contribution is 2.20. The summed E-state index contributed by atoms with van der Waals surface area (Å²) in [5.41, 5.74) is 8.88. The maximum Gasteiger partial charge on any atom is 0.0859 e. The quantitative estimate of drug-likeness (QED) is 0.637. The topological polar surface area (TPSA) is 71.0 Å². The van der Waals surface area contributed by atoms with E-state index in [1.165, 1.54) is 0 Å². The highest BCUT2D eigenvalue weighted by Gasteiger charge is 1.95. The van der Waals surface area contributed by atoms with Crippen LogP contribution < -0.4 is 5.73 Å². The van der Waals surface area contributed by atoms with Crippen LogP contribution in [0.1, 0.15) is 5.56 Å². The predicted octanol–water partition coefficient (Wildman–Crippen LogP) is 3.22. The van der Waals surface area contributed by atoms with Gasteiger partial charge in [0.05, 0.1) is 11.4 Å². The number of benzene rings is 2. The van der Waals surface area contributed by atoms with Gasteiger partial charge in [-0.2, -0.15) is 10.2 Å². The molecule has 0 aliphatic heterocycles. The summed E-state index contributed by atoms with van der Waals surface area (Å²) in [5, 5.41) is 17.2. The van der Waals surface area contributed by atoms with Crippen LogP contribution in [0.15, 0.2) is 58.8 Å². The van der Waals surface area contributed by atoms with Gasteiger partial charge in [-0.15, -0.1) is 0 Å². The van der Waals surface area contributed by atoms with Gasteiger partial charge in [0.1, 0.15) is 0 Å². The molecule has 0 bridgehead atoms. The molecule has 0 spiro atoms. The fraction of sp³-hybridized carbons (Fsp3) is 0.143. The summed E-state index contributed by atoms with van der Waals surface area (Å²) in [6.07, 6.45) is 0.630. The van der Waals surface area contributed by atoms with Gasteiger partial charge >= 0.3 is 0 Å². The molecule has 0 unspecified atom stereocenters. The molecule has 0 aliphatic rings. The van der Waals surface area contributed by atoms with Crippen molar-refractivity contribution in [1.29, 1.82) is 0 Å². The molecular weight excluding hydrogens is 226 g/mol. The highest BCUT2D eigenvalue weighted by molar-refractivity contribution is 5.48. The second-order valence-electron chi connectivity index (χ2n) is 3.94. The minimum atomic E-state index is 0.137. The van der Waals surface area contributed by atoms with E-state index in [2.05, 4.69) is 10.2 Å². The van der Waals surface area contributed by atoms with Crippen LogP contribution in [0.25, 0.3) is 0 Å². The lowest BCUT2D eigenvalue weighted by Crippen LogP contribution is -1.88. The van der Waals surface area contributed by atoms with Crippen LogP contribution in [0.2, 0.25) is 0 Å². The van der Waals surface area contributed by atoms with Gasteiger partial charge in [-0.25, -0.2) is 0 Å². The summed E-state index contributed by atoms with van der Waals surface area (Å²) >= 11 is 0. The summed E-state index contributed by atoms with van der Waals surface area (Å²) in [4.78, 5) is 0. The standard InChI is InChI=1S/C14H15N3O/c15-12-4-6-13(7-5-12)16-17-14-3-1-2-11(10-14)8-9-18/h1-7,10,18H,8-9,15H2/b17-16+. The SMILES string of the molecule is Nc1ccc(/N=N/c2cccc(CCO)c2)cc1. The average Bonchev–Trinajstić information content (AvgIpc) is 2.39. The van der Waals surface area contributed by atoms with Crippen LogP contribution in [0, 0.1) is 0 Å². The first kappa shape index (κ1) is 12.3. The Bertz CT molecular complexity index is 535. The Kier molecular flexibility index (Phi) is 4.04. The van der Waals surface area contributed by atoms with Gasteiger partial charge < -0.3 is 10.8 Å². The number of hydrogen-bond acceptors (Lipinski definition) is 4. The Hall–Kier alpha value is -2.20. The van der Waals surface area contributed by atoms with E-state index in [1.807, 2.05) is 36.4 Å². The predicted molar refractivity (Wildman–Crippen MR) is 72.3 cm³/mol. The van der Waals surface area contributed by atoms with Crippen molar-refractivity contribution in [2.24, 2.45) is 10.2 Å². The lowest BCUT2D eigenvalue weighted by Gasteiger charge is -1.99. The van der Waals surface area contributed by atoms with Gasteiger partial charge in [-0.3, -0.25) is 0 Å². The number of rotatable bonds is 4. The Balaban J connectivity index is 2.13. The number of aliphatic hydroxyl groups excluding tert-OH is 1. The Labute approximate surface area is 106 Å². The molecule has 0 amide bonds. The summed E-state index contributed by atoms with van der Waals surface area (Å²) < 4.78 is 0. The highest BCUT2D eigenvalue weighted by atomic mass is 16.2. The molecule has 3 N–H and O–H groups in total. The van der Waals surface area contributed by atoms with Crippen molar-refractivity contribution in [1.82, 2.24) is 0 Å². The first-order valence-corrected chi connectivity index (χ1v) is 5.75. The normalized spacial score (nSPS) is 10.9. The van der Waals surface area contributed by atoms with Crippen LogP contribution >= 0.6 is 0 Å². The van der Waals surface area contributed by atoms with Gasteiger partial charge in [0.25, 0.3) is 0 Å². The van der Waals surface area contributed by atoms with Gasteiger partial charge in [0, 0.05) is 12.3 Å². The second-order valence-corrected chi connectivity index (χ2v) is 3.94. The van der Waals surface area contributed by atoms with Crippen LogP contribution in [0.4, 0.5) is 17.1 Å². The molecule has 0 radical (unpaired) electrons. The number of anilines is 1. The monoisotopic (exact) mass is 241 g/mol. The van der Waals surface area contributed by atoms with Crippen LogP contribution in [0.3, 0.4) is 0 Å². The molecule has 2 aromatic carbocycles. The molecule has 0 aromatic heterocycles. The number of nitrogens with two attached hydrogens (primary N) is 1. The first-order chi connectivity index (χ1) is 8.78. The van der Waals surface area contributed by atoms with E-state index in [-0.39, 0.29) is 6.61 Å². The van der Waals surface area contributed by atoms with Gasteiger partial charge in [-0.1, -0.05) is 12.1 Å². The molecule has 4 heteroatoms. The lowest BCUT2D eigenvalue weighted by atomic mass is 10.1. The van der Waals surface area contributed by atoms with Gasteiger partial charge in [0.2, 0.25) is 0 Å². The van der Waals surface area contributed by atoms with Crippen LogP contribution in [0.5, 0.6) is 0 Å². The van der Waals surface area contributed by atoms with Crippen molar-refractivity contribution in [2.45, 2.75) is 6.42 Å². The Morgan fingerprint density at radius 2 is 1.67 bits per heavy atom. The average molecular weight is 241 g/mol. The molecule has 18 heavy (non-hydrogen) atoms. The minimum absolute atomic E-state index is 0.137. The van der Waals surface area contributed by atoms with E-state index in [9.17, 15) is 0 Å². The molecule has 0 saturated carbocycles. The van der Waals surface area contributed by atoms with Crippen molar-refractivity contribution in [3.05, 3.63) is 54.1 Å². The molecule has 0 fully saturated rings. The first-order valence-electron chi connectivity index (χ1n) is 5.75. The van der Waals surface area contributed by atoms with Crippen molar-refractivity contribution >= 4 is 17.1 Å². The fourth-order valence-electron chi connectivity index (χ4n) is 1.56. The summed E-state index contributed by atoms with van der Waals surface area (Å²) in [5.74, 6) is 0. The summed E-state index contributed by atoms with van der Waals surface area (Å²) in [6.45, 7) is 0.137. The molecule has 0 saturated heterocycles. The molecule has 2 aromatic rings. The van der Waals surface area contributed by atoms with Crippen LogP contribution in [-0.2, 0) is 6.42 Å². The second kappa shape index (κ2) is 5.93. The number of nitrogen functional groups attached to an aromatic ring is 1. The zero-order valence-electron chi connectivity index (χ0n) is 9.95. The maximum atomic E-state index is 8.88. The Morgan fingerprint density at radius 1 is 0.944 bits per heavy atom. The molecule has 2 rings (SSSR count). The van der Waals surface area contributed by atoms with Gasteiger partial charge in [-0.05, 0) is 48.4 Å². The molecule has 0 aliphatic carbocycles. The third-order valence-electron chi connectivity index (χ3n) is 2.49. The maximum absolute atomic E-state index is 8.88. The molecular formula is C14H15N3O. The van der Waals surface area contributed by atoms with E-state index < -0.39 is 0 Å². The Morgan fingerprint density at radius 3 is 2.39 bits per heavy atom. The smallest absolute Gasteiger partial charge is 0.0859 e. The minimum Gasteiger partial charge on any atom is -0.399 e. The van der Waals surface area contributed by atoms with Crippen molar-refractivity contribution in [3.63, 3.8) is 0 Å². The van der Waals surface area contributed by atoms with E-state index in [0.29, 0.717) is 12.1 Å². The third-order valence-corrected chi connectivity index (χ3v) is 2.49. The number of azo groups is 1. The molecule has 0 heterocycles. The largest absolute Gasteiger partial charge is 0.399 e. The zero-order chi connectivity index (χ0) is 12.8. The van der Waals surface area contributed by atoms with Crippen LogP contribution in [-0.4, -0.2) is 11.7 Å². The van der Waals surface area contributed by atoms with E-state index in [0.717, 1.165) is 16.9 Å².